The van der Waals surface area contributed by atoms with Crippen molar-refractivity contribution in [2.45, 2.75) is 6.92 Å². The molecule has 4 nitrogen and oxygen atoms in total. The fourth-order valence-corrected chi connectivity index (χ4v) is 1.69. The van der Waals surface area contributed by atoms with Gasteiger partial charge < -0.3 is 14.8 Å². The first-order valence-electron chi connectivity index (χ1n) is 4.80. The van der Waals surface area contributed by atoms with Gasteiger partial charge in [-0.25, -0.2) is 0 Å². The summed E-state index contributed by atoms with van der Waals surface area (Å²) in [6.07, 6.45) is 0. The highest BCUT2D eigenvalue weighted by Gasteiger charge is 2.12. The van der Waals surface area contributed by atoms with Gasteiger partial charge in [0, 0.05) is 10.4 Å². The molecule has 0 bridgehead atoms. The number of aromatic amines is 1. The number of fused-ring (bicyclic) bond motifs is 1. The molecule has 0 unspecified atom stereocenters. The highest BCUT2D eigenvalue weighted by Crippen LogP contribution is 2.31. The monoisotopic (exact) mass is 239 g/mol. The highest BCUT2D eigenvalue weighted by molar-refractivity contribution is 6.31. The minimum atomic E-state index is -0.464. The van der Waals surface area contributed by atoms with Crippen LogP contribution in [-0.2, 0) is 0 Å². The van der Waals surface area contributed by atoms with Crippen molar-refractivity contribution in [3.8, 4) is 11.5 Å². The van der Waals surface area contributed by atoms with Gasteiger partial charge in [-0.1, -0.05) is 11.6 Å². The van der Waals surface area contributed by atoms with Crippen LogP contribution >= 0.6 is 11.6 Å². The maximum absolute atomic E-state index is 11.6. The van der Waals surface area contributed by atoms with Crippen molar-refractivity contribution in [1.82, 2.24) is 4.98 Å². The van der Waals surface area contributed by atoms with Gasteiger partial charge in [0.15, 0.2) is 5.75 Å². The van der Waals surface area contributed by atoms with E-state index in [0.29, 0.717) is 22.5 Å². The first-order chi connectivity index (χ1) is 7.63. The first kappa shape index (κ1) is 10.8. The van der Waals surface area contributed by atoms with Gasteiger partial charge in [-0.2, -0.15) is 0 Å². The standard InChI is InChI=1S/C11H10ClNO3/c1-2-16-10-9(14)7-4-3-6(12)5-8(7)13-11(10)15/h3-5H,2H2,1H3,(H2,13,14,15). The molecule has 0 saturated carbocycles. The van der Waals surface area contributed by atoms with Crippen molar-refractivity contribution in [2.75, 3.05) is 6.61 Å². The number of H-pyrrole nitrogens is 1. The van der Waals surface area contributed by atoms with Crippen LogP contribution in [0.2, 0.25) is 5.02 Å². The van der Waals surface area contributed by atoms with Gasteiger partial charge in [-0.3, -0.25) is 4.79 Å². The number of benzene rings is 1. The Kier molecular flexibility index (Phi) is 2.75. The molecule has 84 valence electrons. The SMILES string of the molecule is CCOc1c(O)c2ccc(Cl)cc2[nH]c1=O. The van der Waals surface area contributed by atoms with E-state index in [-0.39, 0.29) is 11.5 Å². The number of rotatable bonds is 2. The van der Waals surface area contributed by atoms with Crippen LogP contribution < -0.4 is 10.3 Å². The molecule has 2 N–H and O–H groups in total. The number of hydrogen-bond donors (Lipinski definition) is 2. The third-order valence-corrected chi connectivity index (χ3v) is 2.43. The van der Waals surface area contributed by atoms with E-state index in [2.05, 4.69) is 4.98 Å². The zero-order chi connectivity index (χ0) is 11.7. The average Bonchev–Trinajstić information content (AvgIpc) is 2.23. The summed E-state index contributed by atoms with van der Waals surface area (Å²) in [5, 5.41) is 10.9. The molecule has 1 aromatic heterocycles. The van der Waals surface area contributed by atoms with Gasteiger partial charge in [0.1, 0.15) is 0 Å². The van der Waals surface area contributed by atoms with E-state index in [1.165, 1.54) is 0 Å². The molecule has 16 heavy (non-hydrogen) atoms. The quantitative estimate of drug-likeness (QED) is 0.845. The molecule has 0 aliphatic rings. The number of aromatic nitrogens is 1. The zero-order valence-electron chi connectivity index (χ0n) is 8.58. The van der Waals surface area contributed by atoms with Crippen molar-refractivity contribution < 1.29 is 9.84 Å². The van der Waals surface area contributed by atoms with Crippen LogP contribution in [0.4, 0.5) is 0 Å². The Balaban J connectivity index is 2.78. The normalized spacial score (nSPS) is 10.6. The molecular weight excluding hydrogens is 230 g/mol. The summed E-state index contributed by atoms with van der Waals surface area (Å²) >= 11 is 5.79. The molecule has 2 rings (SSSR count). The Morgan fingerprint density at radius 2 is 2.25 bits per heavy atom. The van der Waals surface area contributed by atoms with Crippen molar-refractivity contribution in [3.63, 3.8) is 0 Å². The van der Waals surface area contributed by atoms with Crippen molar-refractivity contribution in [2.24, 2.45) is 0 Å². The average molecular weight is 240 g/mol. The Morgan fingerprint density at radius 3 is 2.94 bits per heavy atom. The second-order valence-electron chi connectivity index (χ2n) is 3.25. The molecule has 0 aliphatic carbocycles. The predicted molar refractivity (Wildman–Crippen MR) is 62.4 cm³/mol. The van der Waals surface area contributed by atoms with Gasteiger partial charge in [-0.15, -0.1) is 0 Å². The van der Waals surface area contributed by atoms with Crippen LogP contribution in [0.3, 0.4) is 0 Å². The highest BCUT2D eigenvalue weighted by atomic mass is 35.5. The van der Waals surface area contributed by atoms with Crippen LogP contribution in [0.1, 0.15) is 6.92 Å². The smallest absolute Gasteiger partial charge is 0.294 e. The van der Waals surface area contributed by atoms with Gasteiger partial charge in [0.2, 0.25) is 5.75 Å². The molecule has 0 spiro atoms. The molecule has 0 saturated heterocycles. The topological polar surface area (TPSA) is 62.3 Å². The molecule has 5 heteroatoms. The molecule has 1 aromatic carbocycles. The van der Waals surface area contributed by atoms with E-state index in [0.717, 1.165) is 0 Å². The number of hydrogen-bond acceptors (Lipinski definition) is 3. The van der Waals surface area contributed by atoms with E-state index >= 15 is 0 Å². The van der Waals surface area contributed by atoms with E-state index in [4.69, 9.17) is 16.3 Å². The minimum absolute atomic E-state index is 0.0580. The Morgan fingerprint density at radius 1 is 1.50 bits per heavy atom. The molecule has 1 heterocycles. The molecule has 0 aliphatic heterocycles. The Hall–Kier alpha value is -1.68. The summed E-state index contributed by atoms with van der Waals surface area (Å²) in [6.45, 7) is 2.06. The lowest BCUT2D eigenvalue weighted by molar-refractivity contribution is 0.315. The predicted octanol–water partition coefficient (Wildman–Crippen LogP) is 2.29. The lowest BCUT2D eigenvalue weighted by Gasteiger charge is -2.07. The lowest BCUT2D eigenvalue weighted by atomic mass is 10.2. The third-order valence-electron chi connectivity index (χ3n) is 2.19. The number of pyridine rings is 1. The minimum Gasteiger partial charge on any atom is -0.504 e. The number of nitrogens with one attached hydrogen (secondary N) is 1. The third kappa shape index (κ3) is 1.72. The molecule has 0 amide bonds. The summed E-state index contributed by atoms with van der Waals surface area (Å²) in [5.74, 6) is -0.213. The summed E-state index contributed by atoms with van der Waals surface area (Å²) in [6, 6.07) is 4.84. The van der Waals surface area contributed by atoms with Crippen LogP contribution in [-0.4, -0.2) is 16.7 Å². The van der Waals surface area contributed by atoms with E-state index < -0.39 is 5.56 Å². The number of aromatic hydroxyl groups is 1. The maximum atomic E-state index is 11.6. The van der Waals surface area contributed by atoms with Crippen molar-refractivity contribution in [3.05, 3.63) is 33.6 Å². The summed E-state index contributed by atoms with van der Waals surface area (Å²) < 4.78 is 5.08. The van der Waals surface area contributed by atoms with Gasteiger partial charge in [-0.05, 0) is 25.1 Å². The van der Waals surface area contributed by atoms with Crippen molar-refractivity contribution in [1.29, 1.82) is 0 Å². The maximum Gasteiger partial charge on any atom is 0.294 e. The number of ether oxygens (including phenoxy) is 1. The fourth-order valence-electron chi connectivity index (χ4n) is 1.51. The van der Waals surface area contributed by atoms with E-state index in [1.54, 1.807) is 25.1 Å². The van der Waals surface area contributed by atoms with E-state index in [1.807, 2.05) is 0 Å². The van der Waals surface area contributed by atoms with Crippen LogP contribution in [0.25, 0.3) is 10.9 Å². The second kappa shape index (κ2) is 4.06. The van der Waals surface area contributed by atoms with E-state index in [9.17, 15) is 9.90 Å². The van der Waals surface area contributed by atoms with Gasteiger partial charge >= 0.3 is 0 Å². The summed E-state index contributed by atoms with van der Waals surface area (Å²) in [5.41, 5.74) is 0.0209. The van der Waals surface area contributed by atoms with Crippen LogP contribution in [0, 0.1) is 0 Å². The largest absolute Gasteiger partial charge is 0.504 e. The summed E-state index contributed by atoms with van der Waals surface area (Å²) in [4.78, 5) is 14.2. The first-order valence-corrected chi connectivity index (χ1v) is 5.18. The molecule has 0 atom stereocenters. The van der Waals surface area contributed by atoms with Crippen LogP contribution in [0.5, 0.6) is 11.5 Å². The lowest BCUT2D eigenvalue weighted by Crippen LogP contribution is -2.11. The fraction of sp³-hybridized carbons (Fsp3) is 0.182. The number of halogens is 1. The molecule has 0 radical (unpaired) electrons. The van der Waals surface area contributed by atoms with Crippen LogP contribution in [0.15, 0.2) is 23.0 Å². The molecule has 0 fully saturated rings. The second-order valence-corrected chi connectivity index (χ2v) is 3.69. The Bertz CT molecular complexity index is 592. The van der Waals surface area contributed by atoms with Gasteiger partial charge in [0.25, 0.3) is 5.56 Å². The summed E-state index contributed by atoms with van der Waals surface area (Å²) in [7, 11) is 0. The van der Waals surface area contributed by atoms with Gasteiger partial charge in [0.05, 0.1) is 12.1 Å². The Labute approximate surface area is 96.4 Å². The zero-order valence-corrected chi connectivity index (χ0v) is 9.34. The molecular formula is C11H10ClNO3. The molecule has 2 aromatic rings. The van der Waals surface area contributed by atoms with Crippen molar-refractivity contribution >= 4 is 22.5 Å².